The van der Waals surface area contributed by atoms with Gasteiger partial charge in [0.15, 0.2) is 5.76 Å². The molecule has 158 valence electrons. The van der Waals surface area contributed by atoms with Crippen molar-refractivity contribution in [2.75, 3.05) is 27.9 Å². The van der Waals surface area contributed by atoms with Crippen LogP contribution < -0.4 is 19.6 Å². The summed E-state index contributed by atoms with van der Waals surface area (Å²) in [5, 5.41) is 19.8. The number of carbonyl (C=O) groups excluding carboxylic acids is 1. The van der Waals surface area contributed by atoms with Crippen molar-refractivity contribution in [2.45, 2.75) is 25.9 Å². The number of aliphatic hydroxyl groups is 1. The summed E-state index contributed by atoms with van der Waals surface area (Å²) in [6, 6.07) is 4.12. The summed E-state index contributed by atoms with van der Waals surface area (Å²) in [7, 11) is 4.30. The third kappa shape index (κ3) is 4.80. The second-order valence-electron chi connectivity index (χ2n) is 5.96. The van der Waals surface area contributed by atoms with Gasteiger partial charge < -0.3 is 33.6 Å². The van der Waals surface area contributed by atoms with Gasteiger partial charge in [0.1, 0.15) is 29.6 Å². The Balaban J connectivity index is 2.79. The molecule has 0 aliphatic heterocycles. The summed E-state index contributed by atoms with van der Waals surface area (Å²) in [6.45, 7) is 1.24. The fraction of sp³-hybridized carbons (Fsp3) is 0.400. The van der Waals surface area contributed by atoms with Crippen LogP contribution in [0.25, 0.3) is 0 Å². The fourth-order valence-electron chi connectivity index (χ4n) is 2.96. The highest BCUT2D eigenvalue weighted by atomic mass is 16.5. The van der Waals surface area contributed by atoms with E-state index in [1.807, 2.05) is 0 Å². The lowest BCUT2D eigenvalue weighted by Gasteiger charge is -2.22. The number of hydrogen-bond donors (Lipinski definition) is 2. The summed E-state index contributed by atoms with van der Waals surface area (Å²) in [6.07, 6.45) is -0.279. The average Bonchev–Trinajstić information content (AvgIpc) is 2.73. The first-order chi connectivity index (χ1) is 13.9. The number of rotatable bonds is 9. The molecule has 0 saturated heterocycles. The van der Waals surface area contributed by atoms with Crippen molar-refractivity contribution in [1.29, 1.82) is 0 Å². The molecule has 0 amide bonds. The lowest BCUT2D eigenvalue weighted by Crippen LogP contribution is -2.16. The zero-order chi connectivity index (χ0) is 21.6. The van der Waals surface area contributed by atoms with Crippen molar-refractivity contribution in [2.24, 2.45) is 0 Å². The van der Waals surface area contributed by atoms with Crippen molar-refractivity contribution >= 4 is 5.97 Å². The molecule has 2 aromatic rings. The summed E-state index contributed by atoms with van der Waals surface area (Å²) < 4.78 is 26.7. The molecule has 0 fully saturated rings. The van der Waals surface area contributed by atoms with E-state index in [9.17, 15) is 19.8 Å². The minimum absolute atomic E-state index is 0.0666. The number of benzene rings is 1. The van der Waals surface area contributed by atoms with Crippen LogP contribution >= 0.6 is 0 Å². The van der Waals surface area contributed by atoms with Crippen molar-refractivity contribution in [1.82, 2.24) is 0 Å². The van der Waals surface area contributed by atoms with Crippen LogP contribution in [0.15, 0.2) is 27.4 Å². The van der Waals surface area contributed by atoms with Gasteiger partial charge in [-0.25, -0.2) is 0 Å². The molecular formula is C20H24O9. The first kappa shape index (κ1) is 22.1. The van der Waals surface area contributed by atoms with Crippen LogP contribution in [0.3, 0.4) is 0 Å². The maximum atomic E-state index is 12.3. The summed E-state index contributed by atoms with van der Waals surface area (Å²) in [5.74, 6) is -1.54. The number of aromatic hydroxyl groups is 1. The molecule has 9 nitrogen and oxygen atoms in total. The van der Waals surface area contributed by atoms with Crippen LogP contribution in [0.5, 0.6) is 23.0 Å². The molecule has 1 atom stereocenters. The third-order valence-electron chi connectivity index (χ3n) is 4.25. The molecule has 1 aromatic heterocycles. The first-order valence-electron chi connectivity index (χ1n) is 8.82. The molecule has 2 N–H and O–H groups in total. The maximum Gasteiger partial charge on any atom is 0.306 e. The smallest absolute Gasteiger partial charge is 0.306 e. The molecule has 0 radical (unpaired) electrons. The minimum atomic E-state index is -0.996. The molecular weight excluding hydrogens is 384 g/mol. The predicted octanol–water partition coefficient (Wildman–Crippen LogP) is 1.95. The largest absolute Gasteiger partial charge is 0.502 e. The van der Waals surface area contributed by atoms with Crippen molar-refractivity contribution < 1.29 is 38.4 Å². The Labute approximate surface area is 167 Å². The number of aliphatic hydroxyl groups excluding tert-OH is 1. The Morgan fingerprint density at radius 2 is 1.72 bits per heavy atom. The quantitative estimate of drug-likeness (QED) is 0.599. The molecule has 0 aliphatic carbocycles. The predicted molar refractivity (Wildman–Crippen MR) is 102 cm³/mol. The topological polar surface area (TPSA) is 125 Å². The lowest BCUT2D eigenvalue weighted by atomic mass is 9.90. The molecule has 0 bridgehead atoms. The number of hydrogen-bond acceptors (Lipinski definition) is 9. The Bertz CT molecular complexity index is 892. The Morgan fingerprint density at radius 1 is 1.10 bits per heavy atom. The normalized spacial score (nSPS) is 11.6. The summed E-state index contributed by atoms with van der Waals surface area (Å²) >= 11 is 0. The van der Waals surface area contributed by atoms with Gasteiger partial charge in [-0.1, -0.05) is 0 Å². The number of esters is 1. The van der Waals surface area contributed by atoms with Gasteiger partial charge in [0, 0.05) is 23.8 Å². The van der Waals surface area contributed by atoms with Crippen LogP contribution in [0.2, 0.25) is 0 Å². The molecule has 9 heteroatoms. The van der Waals surface area contributed by atoms with E-state index in [0.29, 0.717) is 11.3 Å². The first-order valence-corrected chi connectivity index (χ1v) is 8.82. The van der Waals surface area contributed by atoms with Crippen molar-refractivity contribution in [3.63, 3.8) is 0 Å². The zero-order valence-electron chi connectivity index (χ0n) is 16.7. The van der Waals surface area contributed by atoms with Gasteiger partial charge in [0.2, 0.25) is 11.2 Å². The second-order valence-corrected chi connectivity index (χ2v) is 5.96. The number of methoxy groups -OCH3 is 3. The van der Waals surface area contributed by atoms with E-state index in [0.717, 1.165) is 6.07 Å². The molecule has 0 spiro atoms. The van der Waals surface area contributed by atoms with E-state index in [2.05, 4.69) is 0 Å². The molecule has 29 heavy (non-hydrogen) atoms. The SMILES string of the molecule is CCOC(=O)CC(c1oc(CO)cc(=O)c1O)c1c(OC)cc(OC)cc1OC. The van der Waals surface area contributed by atoms with Gasteiger partial charge in [0.05, 0.1) is 40.3 Å². The standard InChI is InChI=1S/C20H24O9/c1-5-28-17(23)9-13(20-19(24)14(22)6-12(10-21)29-20)18-15(26-3)7-11(25-2)8-16(18)27-4/h6-8,13,21,24H,5,9-10H2,1-4H3. The van der Waals surface area contributed by atoms with Gasteiger partial charge >= 0.3 is 5.97 Å². The van der Waals surface area contributed by atoms with E-state index in [1.54, 1.807) is 19.1 Å². The minimum Gasteiger partial charge on any atom is -0.502 e. The average molecular weight is 408 g/mol. The third-order valence-corrected chi connectivity index (χ3v) is 4.25. The second kappa shape index (κ2) is 9.83. The van der Waals surface area contributed by atoms with Gasteiger partial charge in [-0.3, -0.25) is 9.59 Å². The molecule has 0 saturated carbocycles. The fourth-order valence-corrected chi connectivity index (χ4v) is 2.96. The number of ether oxygens (including phenoxy) is 4. The van der Waals surface area contributed by atoms with Gasteiger partial charge in [-0.2, -0.15) is 0 Å². The molecule has 1 heterocycles. The highest BCUT2D eigenvalue weighted by Gasteiger charge is 2.32. The van der Waals surface area contributed by atoms with Crippen molar-refractivity contribution in [3.05, 3.63) is 45.5 Å². The Hall–Kier alpha value is -3.20. The maximum absolute atomic E-state index is 12.3. The molecule has 0 aliphatic rings. The Morgan fingerprint density at radius 3 is 2.21 bits per heavy atom. The highest BCUT2D eigenvalue weighted by molar-refractivity contribution is 5.72. The van der Waals surface area contributed by atoms with Crippen LogP contribution in [0, 0.1) is 0 Å². The van der Waals surface area contributed by atoms with E-state index < -0.39 is 29.7 Å². The van der Waals surface area contributed by atoms with Crippen LogP contribution in [-0.2, 0) is 16.1 Å². The zero-order valence-corrected chi connectivity index (χ0v) is 16.7. The Kier molecular flexibility index (Phi) is 7.49. The summed E-state index contributed by atoms with van der Waals surface area (Å²) in [4.78, 5) is 24.5. The summed E-state index contributed by atoms with van der Waals surface area (Å²) in [5.41, 5.74) is -0.409. The molecule has 1 unspecified atom stereocenters. The van der Waals surface area contributed by atoms with Gasteiger partial charge in [-0.15, -0.1) is 0 Å². The molecule has 1 aromatic carbocycles. The van der Waals surface area contributed by atoms with Gasteiger partial charge in [-0.05, 0) is 6.92 Å². The van der Waals surface area contributed by atoms with Gasteiger partial charge in [0.25, 0.3) is 0 Å². The van der Waals surface area contributed by atoms with Crippen LogP contribution in [0.1, 0.15) is 36.3 Å². The van der Waals surface area contributed by atoms with Crippen LogP contribution in [0.4, 0.5) is 0 Å². The molecule has 2 rings (SSSR count). The lowest BCUT2D eigenvalue weighted by molar-refractivity contribution is -0.143. The number of carbonyl (C=O) groups is 1. The monoisotopic (exact) mass is 408 g/mol. The van der Waals surface area contributed by atoms with Crippen LogP contribution in [-0.4, -0.2) is 44.1 Å². The van der Waals surface area contributed by atoms with E-state index in [1.165, 1.54) is 21.3 Å². The van der Waals surface area contributed by atoms with E-state index in [4.69, 9.17) is 23.4 Å². The van der Waals surface area contributed by atoms with Crippen molar-refractivity contribution in [3.8, 4) is 23.0 Å². The highest BCUT2D eigenvalue weighted by Crippen LogP contribution is 2.45. The van der Waals surface area contributed by atoms with E-state index >= 15 is 0 Å². The van der Waals surface area contributed by atoms with E-state index in [-0.39, 0.29) is 36.0 Å².